The lowest BCUT2D eigenvalue weighted by Crippen LogP contribution is -2.21. The molecule has 0 aliphatic rings. The zero-order valence-electron chi connectivity index (χ0n) is 9.58. The molecule has 3 rings (SSSR count). The third kappa shape index (κ3) is 2.02. The Morgan fingerprint density at radius 2 is 1.72 bits per heavy atom. The lowest BCUT2D eigenvalue weighted by molar-refractivity contribution is 0.102. The van der Waals surface area contributed by atoms with Crippen LogP contribution in [0.25, 0.3) is 10.2 Å². The van der Waals surface area contributed by atoms with Crippen LogP contribution in [0.4, 0.5) is 0 Å². The summed E-state index contributed by atoms with van der Waals surface area (Å²) in [5.41, 5.74) is 1.86. The number of hydrogen-bond donors (Lipinski definition) is 0. The molecule has 0 radical (unpaired) electrons. The summed E-state index contributed by atoms with van der Waals surface area (Å²) >= 11 is 1.20. The van der Waals surface area contributed by atoms with Crippen LogP contribution in [0.2, 0.25) is 0 Å². The number of benzene rings is 2. The average Bonchev–Trinajstić information content (AvgIpc) is 2.73. The summed E-state index contributed by atoms with van der Waals surface area (Å²) in [7, 11) is 0. The standard InChI is InChI=1S/C14H11NO2S/c16-14-15(12-8-4-5-9-13(12)18-14)17-10-11-6-2-1-3-7-11/h1-9H,10H2. The Kier molecular flexibility index (Phi) is 2.86. The van der Waals surface area contributed by atoms with Crippen molar-refractivity contribution >= 4 is 21.6 Å². The zero-order valence-corrected chi connectivity index (χ0v) is 10.4. The highest BCUT2D eigenvalue weighted by atomic mass is 32.1. The Hall–Kier alpha value is -2.07. The molecule has 0 saturated carbocycles. The van der Waals surface area contributed by atoms with Crippen LogP contribution in [0.1, 0.15) is 5.56 Å². The summed E-state index contributed by atoms with van der Waals surface area (Å²) in [4.78, 5) is 17.3. The Bertz CT molecular complexity index is 715. The summed E-state index contributed by atoms with van der Waals surface area (Å²) < 4.78 is 2.31. The topological polar surface area (TPSA) is 31.2 Å². The Morgan fingerprint density at radius 1 is 1.00 bits per heavy atom. The minimum absolute atomic E-state index is 0.0906. The van der Waals surface area contributed by atoms with Gasteiger partial charge in [0.1, 0.15) is 12.1 Å². The van der Waals surface area contributed by atoms with Crippen LogP contribution in [0, 0.1) is 0 Å². The Balaban J connectivity index is 1.91. The number of thiazole rings is 1. The van der Waals surface area contributed by atoms with Crippen LogP contribution >= 0.6 is 11.3 Å². The first-order valence-corrected chi connectivity index (χ1v) is 6.44. The number of aromatic nitrogens is 1. The average molecular weight is 257 g/mol. The molecule has 3 aromatic rings. The number of para-hydroxylation sites is 1. The number of rotatable bonds is 3. The van der Waals surface area contributed by atoms with E-state index in [9.17, 15) is 4.79 Å². The van der Waals surface area contributed by atoms with Crippen molar-refractivity contribution in [1.82, 2.24) is 4.73 Å². The highest BCUT2D eigenvalue weighted by Crippen LogP contribution is 2.15. The van der Waals surface area contributed by atoms with E-state index >= 15 is 0 Å². The fourth-order valence-corrected chi connectivity index (χ4v) is 2.60. The molecule has 90 valence electrons. The van der Waals surface area contributed by atoms with Crippen LogP contribution in [0.3, 0.4) is 0 Å². The minimum Gasteiger partial charge on any atom is -0.405 e. The number of hydrogen-bond acceptors (Lipinski definition) is 3. The second-order valence-electron chi connectivity index (χ2n) is 3.89. The molecule has 1 aromatic heterocycles. The third-order valence-corrected chi connectivity index (χ3v) is 3.56. The molecule has 0 saturated heterocycles. The predicted molar refractivity (Wildman–Crippen MR) is 72.8 cm³/mol. The second-order valence-corrected chi connectivity index (χ2v) is 4.88. The zero-order chi connectivity index (χ0) is 12.4. The van der Waals surface area contributed by atoms with Gasteiger partial charge in [-0.2, -0.15) is 0 Å². The molecular formula is C14H11NO2S. The van der Waals surface area contributed by atoms with Crippen LogP contribution in [-0.4, -0.2) is 4.73 Å². The van der Waals surface area contributed by atoms with Gasteiger partial charge in [0.25, 0.3) is 0 Å². The van der Waals surface area contributed by atoms with Crippen LogP contribution in [-0.2, 0) is 6.61 Å². The van der Waals surface area contributed by atoms with Crippen molar-refractivity contribution in [2.45, 2.75) is 6.61 Å². The molecule has 0 unspecified atom stereocenters. The van der Waals surface area contributed by atoms with Crippen molar-refractivity contribution in [1.29, 1.82) is 0 Å². The van der Waals surface area contributed by atoms with Gasteiger partial charge in [0.2, 0.25) is 0 Å². The molecule has 0 bridgehead atoms. The quantitative estimate of drug-likeness (QED) is 0.722. The van der Waals surface area contributed by atoms with Crippen molar-refractivity contribution in [2.75, 3.05) is 0 Å². The molecule has 0 spiro atoms. The van der Waals surface area contributed by atoms with E-state index in [1.165, 1.54) is 16.1 Å². The molecule has 0 aliphatic heterocycles. The lowest BCUT2D eigenvalue weighted by Gasteiger charge is -2.06. The van der Waals surface area contributed by atoms with Crippen molar-refractivity contribution in [3.8, 4) is 0 Å². The van der Waals surface area contributed by atoms with Gasteiger partial charge in [0, 0.05) is 0 Å². The number of nitrogens with zero attached hydrogens (tertiary/aromatic N) is 1. The van der Waals surface area contributed by atoms with Gasteiger partial charge in [-0.3, -0.25) is 4.79 Å². The van der Waals surface area contributed by atoms with Gasteiger partial charge < -0.3 is 4.84 Å². The van der Waals surface area contributed by atoms with E-state index in [4.69, 9.17) is 4.84 Å². The Morgan fingerprint density at radius 3 is 2.56 bits per heavy atom. The fraction of sp³-hybridized carbons (Fsp3) is 0.0714. The van der Waals surface area contributed by atoms with Crippen molar-refractivity contribution < 1.29 is 4.84 Å². The van der Waals surface area contributed by atoms with E-state index in [0.29, 0.717) is 6.61 Å². The molecule has 1 heterocycles. The second kappa shape index (κ2) is 4.66. The van der Waals surface area contributed by atoms with E-state index in [-0.39, 0.29) is 4.87 Å². The van der Waals surface area contributed by atoms with Crippen molar-refractivity contribution in [2.24, 2.45) is 0 Å². The maximum Gasteiger partial charge on any atom is 0.340 e. The lowest BCUT2D eigenvalue weighted by atomic mass is 10.2. The summed E-state index contributed by atoms with van der Waals surface area (Å²) in [6.07, 6.45) is 0. The predicted octanol–water partition coefficient (Wildman–Crippen LogP) is 2.69. The molecule has 4 heteroatoms. The fourth-order valence-electron chi connectivity index (χ4n) is 1.78. The molecule has 18 heavy (non-hydrogen) atoms. The first-order chi connectivity index (χ1) is 8.84. The molecule has 0 N–H and O–H groups in total. The van der Waals surface area contributed by atoms with Gasteiger partial charge in [0.05, 0.1) is 4.70 Å². The van der Waals surface area contributed by atoms with E-state index in [0.717, 1.165) is 15.8 Å². The van der Waals surface area contributed by atoms with E-state index < -0.39 is 0 Å². The SMILES string of the molecule is O=c1sc2ccccc2n1OCc1ccccc1. The van der Waals surface area contributed by atoms with Gasteiger partial charge in [-0.05, 0) is 17.7 Å². The third-order valence-electron chi connectivity index (χ3n) is 2.65. The first-order valence-electron chi connectivity index (χ1n) is 5.62. The monoisotopic (exact) mass is 257 g/mol. The summed E-state index contributed by atoms with van der Waals surface area (Å²) in [6, 6.07) is 17.4. The van der Waals surface area contributed by atoms with E-state index in [2.05, 4.69) is 0 Å². The maximum atomic E-state index is 11.8. The maximum absolute atomic E-state index is 11.8. The van der Waals surface area contributed by atoms with Crippen LogP contribution < -0.4 is 9.71 Å². The smallest absolute Gasteiger partial charge is 0.340 e. The van der Waals surface area contributed by atoms with Crippen LogP contribution in [0.5, 0.6) is 0 Å². The molecule has 0 aliphatic carbocycles. The molecule has 0 fully saturated rings. The molecule has 3 nitrogen and oxygen atoms in total. The molecular weight excluding hydrogens is 246 g/mol. The first kappa shape index (κ1) is 11.0. The van der Waals surface area contributed by atoms with Gasteiger partial charge in [-0.25, -0.2) is 0 Å². The molecule has 0 amide bonds. The molecule has 2 aromatic carbocycles. The largest absolute Gasteiger partial charge is 0.405 e. The number of fused-ring (bicyclic) bond motifs is 1. The van der Waals surface area contributed by atoms with Gasteiger partial charge in [-0.15, -0.1) is 4.73 Å². The molecule has 0 atom stereocenters. The van der Waals surface area contributed by atoms with E-state index in [1.807, 2.05) is 54.6 Å². The summed E-state index contributed by atoms with van der Waals surface area (Å²) in [5, 5.41) is 0. The highest BCUT2D eigenvalue weighted by molar-refractivity contribution is 7.16. The van der Waals surface area contributed by atoms with Gasteiger partial charge >= 0.3 is 4.87 Å². The summed E-state index contributed by atoms with van der Waals surface area (Å²) in [6.45, 7) is 0.390. The minimum atomic E-state index is -0.0906. The Labute approximate surface area is 108 Å². The highest BCUT2D eigenvalue weighted by Gasteiger charge is 2.07. The van der Waals surface area contributed by atoms with E-state index in [1.54, 1.807) is 0 Å². The van der Waals surface area contributed by atoms with Gasteiger partial charge in [0.15, 0.2) is 0 Å². The van der Waals surface area contributed by atoms with Crippen LogP contribution in [0.15, 0.2) is 59.4 Å². The normalized spacial score (nSPS) is 10.7. The summed E-state index contributed by atoms with van der Waals surface area (Å²) in [5.74, 6) is 0. The van der Waals surface area contributed by atoms with Crippen molar-refractivity contribution in [3.63, 3.8) is 0 Å². The van der Waals surface area contributed by atoms with Crippen molar-refractivity contribution in [3.05, 3.63) is 69.8 Å². The van der Waals surface area contributed by atoms with Gasteiger partial charge in [-0.1, -0.05) is 53.8 Å².